The zero-order valence-electron chi connectivity index (χ0n) is 12.5. The molecular formula is C19H16O2S. The van der Waals surface area contributed by atoms with Gasteiger partial charge < -0.3 is 5.11 Å². The largest absolute Gasteiger partial charge is 0.507 e. The highest BCUT2D eigenvalue weighted by Crippen LogP contribution is 2.24. The molecule has 0 aliphatic heterocycles. The van der Waals surface area contributed by atoms with Crippen molar-refractivity contribution in [3.8, 4) is 5.75 Å². The molecule has 0 radical (unpaired) electrons. The molecule has 22 heavy (non-hydrogen) atoms. The summed E-state index contributed by atoms with van der Waals surface area (Å²) in [4.78, 5) is 12.3. The Morgan fingerprint density at radius 1 is 1.09 bits per heavy atom. The summed E-state index contributed by atoms with van der Waals surface area (Å²) in [5.41, 5.74) is 3.23. The van der Waals surface area contributed by atoms with Crippen LogP contribution < -0.4 is 0 Å². The number of allylic oxidation sites excluding steroid dienone is 1. The number of phenolic OH excluding ortho intramolecular Hbond substituents is 1. The van der Waals surface area contributed by atoms with E-state index in [0.717, 1.165) is 22.1 Å². The van der Waals surface area contributed by atoms with Crippen LogP contribution in [0.25, 0.3) is 16.2 Å². The van der Waals surface area contributed by atoms with Gasteiger partial charge in [-0.05, 0) is 83.8 Å². The van der Waals surface area contributed by atoms with Crippen molar-refractivity contribution < 1.29 is 9.90 Å². The predicted octanol–water partition coefficient (Wildman–Crippen LogP) is 5.12. The highest BCUT2D eigenvalue weighted by atomic mass is 32.1. The third kappa shape index (κ3) is 2.81. The first kappa shape index (κ1) is 14.5. The van der Waals surface area contributed by atoms with Gasteiger partial charge in [-0.3, -0.25) is 4.79 Å². The average Bonchev–Trinajstić information content (AvgIpc) is 2.97. The number of aryl methyl sites for hydroxylation is 2. The quantitative estimate of drug-likeness (QED) is 0.538. The monoisotopic (exact) mass is 308 g/mol. The zero-order valence-corrected chi connectivity index (χ0v) is 13.3. The van der Waals surface area contributed by atoms with Gasteiger partial charge in [-0.1, -0.05) is 6.08 Å². The first-order chi connectivity index (χ1) is 10.5. The van der Waals surface area contributed by atoms with E-state index in [9.17, 15) is 9.90 Å². The summed E-state index contributed by atoms with van der Waals surface area (Å²) >= 11 is 1.67. The molecule has 3 heteroatoms. The number of carbonyl (C=O) groups excluding carboxylic acids is 1. The van der Waals surface area contributed by atoms with Crippen molar-refractivity contribution in [2.45, 2.75) is 13.8 Å². The molecule has 0 fully saturated rings. The van der Waals surface area contributed by atoms with Gasteiger partial charge in [0.1, 0.15) is 5.75 Å². The lowest BCUT2D eigenvalue weighted by molar-refractivity contribution is 0.104. The Labute approximate surface area is 133 Å². The van der Waals surface area contributed by atoms with E-state index in [1.807, 2.05) is 55.6 Å². The molecule has 1 heterocycles. The van der Waals surface area contributed by atoms with Crippen LogP contribution in [0.5, 0.6) is 5.75 Å². The fourth-order valence-corrected chi connectivity index (χ4v) is 3.24. The summed E-state index contributed by atoms with van der Waals surface area (Å²) in [6.07, 6.45) is 3.37. The normalized spacial score (nSPS) is 11.4. The number of benzene rings is 2. The molecule has 110 valence electrons. The van der Waals surface area contributed by atoms with E-state index in [1.165, 1.54) is 4.70 Å². The zero-order chi connectivity index (χ0) is 15.7. The molecule has 0 bridgehead atoms. The maximum atomic E-state index is 12.3. The van der Waals surface area contributed by atoms with E-state index in [4.69, 9.17) is 0 Å². The van der Waals surface area contributed by atoms with Crippen LogP contribution in [0.2, 0.25) is 0 Å². The molecule has 2 aromatic carbocycles. The third-order valence-electron chi connectivity index (χ3n) is 3.68. The minimum atomic E-state index is -0.0171. The minimum absolute atomic E-state index is 0.0171. The predicted molar refractivity (Wildman–Crippen MR) is 92.8 cm³/mol. The van der Waals surface area contributed by atoms with Crippen molar-refractivity contribution in [1.82, 2.24) is 0 Å². The van der Waals surface area contributed by atoms with E-state index in [-0.39, 0.29) is 5.78 Å². The second kappa shape index (κ2) is 5.78. The molecule has 3 aromatic rings. The lowest BCUT2D eigenvalue weighted by Crippen LogP contribution is -1.93. The molecule has 0 aliphatic carbocycles. The van der Waals surface area contributed by atoms with E-state index in [2.05, 4.69) is 0 Å². The van der Waals surface area contributed by atoms with Gasteiger partial charge in [0.05, 0.1) is 0 Å². The van der Waals surface area contributed by atoms with Gasteiger partial charge in [0.15, 0.2) is 5.78 Å². The first-order valence-electron chi connectivity index (χ1n) is 7.04. The van der Waals surface area contributed by atoms with Crippen LogP contribution in [0.4, 0.5) is 0 Å². The van der Waals surface area contributed by atoms with Crippen molar-refractivity contribution in [3.63, 3.8) is 0 Å². The lowest BCUT2D eigenvalue weighted by atomic mass is 10.0. The average molecular weight is 308 g/mol. The molecule has 1 N–H and O–H groups in total. The van der Waals surface area contributed by atoms with Crippen LogP contribution in [-0.4, -0.2) is 10.9 Å². The molecule has 1 aromatic heterocycles. The van der Waals surface area contributed by atoms with E-state index < -0.39 is 0 Å². The van der Waals surface area contributed by atoms with Crippen molar-refractivity contribution in [1.29, 1.82) is 0 Å². The Bertz CT molecular complexity index is 864. The van der Waals surface area contributed by atoms with Gasteiger partial charge in [-0.25, -0.2) is 0 Å². The second-order valence-corrected chi connectivity index (χ2v) is 6.32. The molecule has 0 aliphatic rings. The summed E-state index contributed by atoms with van der Waals surface area (Å²) in [7, 11) is 0. The lowest BCUT2D eigenvalue weighted by Gasteiger charge is -2.04. The standard InChI is InChI=1S/C19H16O2S/c1-12-9-14(10-13(2)19(12)21)3-5-17(20)15-4-6-18-16(11-15)7-8-22-18/h3-11,21H,1-2H3/b5-3+. The Kier molecular flexibility index (Phi) is 3.82. The van der Waals surface area contributed by atoms with Gasteiger partial charge >= 0.3 is 0 Å². The van der Waals surface area contributed by atoms with Crippen molar-refractivity contribution in [3.05, 3.63) is 70.1 Å². The van der Waals surface area contributed by atoms with Crippen LogP contribution in [0.15, 0.2) is 47.9 Å². The Balaban J connectivity index is 1.86. The second-order valence-electron chi connectivity index (χ2n) is 5.37. The summed E-state index contributed by atoms with van der Waals surface area (Å²) in [5, 5.41) is 12.9. The van der Waals surface area contributed by atoms with E-state index in [0.29, 0.717) is 11.3 Å². The maximum absolute atomic E-state index is 12.3. The van der Waals surface area contributed by atoms with Crippen LogP contribution in [0.3, 0.4) is 0 Å². The van der Waals surface area contributed by atoms with Crippen molar-refractivity contribution in [2.24, 2.45) is 0 Å². The third-order valence-corrected chi connectivity index (χ3v) is 4.58. The number of hydrogen-bond donors (Lipinski definition) is 1. The molecular weight excluding hydrogens is 292 g/mol. The van der Waals surface area contributed by atoms with Crippen molar-refractivity contribution >= 4 is 33.3 Å². The molecule has 0 atom stereocenters. The summed E-state index contributed by atoms with van der Waals surface area (Å²) < 4.78 is 1.19. The fraction of sp³-hybridized carbons (Fsp3) is 0.105. The topological polar surface area (TPSA) is 37.3 Å². The molecule has 0 unspecified atom stereocenters. The Morgan fingerprint density at radius 2 is 1.82 bits per heavy atom. The smallest absolute Gasteiger partial charge is 0.185 e. The molecule has 0 amide bonds. The van der Waals surface area contributed by atoms with Crippen LogP contribution in [0.1, 0.15) is 27.0 Å². The number of ketones is 1. The SMILES string of the molecule is Cc1cc(/C=C/C(=O)c2ccc3sccc3c2)cc(C)c1O. The molecule has 2 nitrogen and oxygen atoms in total. The van der Waals surface area contributed by atoms with Crippen molar-refractivity contribution in [2.75, 3.05) is 0 Å². The van der Waals surface area contributed by atoms with E-state index >= 15 is 0 Å². The number of rotatable bonds is 3. The van der Waals surface area contributed by atoms with Gasteiger partial charge in [0.25, 0.3) is 0 Å². The van der Waals surface area contributed by atoms with Crippen LogP contribution in [0, 0.1) is 13.8 Å². The number of thiophene rings is 1. The Hall–Kier alpha value is -2.39. The Morgan fingerprint density at radius 3 is 2.55 bits per heavy atom. The molecule has 3 rings (SSSR count). The number of aromatic hydroxyl groups is 1. The van der Waals surface area contributed by atoms with Gasteiger partial charge in [0, 0.05) is 10.3 Å². The van der Waals surface area contributed by atoms with Gasteiger partial charge in [-0.15, -0.1) is 11.3 Å². The number of phenols is 1. The van der Waals surface area contributed by atoms with Gasteiger partial charge in [-0.2, -0.15) is 0 Å². The summed E-state index contributed by atoms with van der Waals surface area (Å²) in [5.74, 6) is 0.294. The highest BCUT2D eigenvalue weighted by molar-refractivity contribution is 7.17. The molecule has 0 saturated heterocycles. The minimum Gasteiger partial charge on any atom is -0.507 e. The molecule has 0 spiro atoms. The number of carbonyl (C=O) groups is 1. The van der Waals surface area contributed by atoms with E-state index in [1.54, 1.807) is 23.5 Å². The summed E-state index contributed by atoms with van der Waals surface area (Å²) in [6, 6.07) is 11.5. The maximum Gasteiger partial charge on any atom is 0.185 e. The number of hydrogen-bond acceptors (Lipinski definition) is 3. The van der Waals surface area contributed by atoms with Crippen LogP contribution in [-0.2, 0) is 0 Å². The summed E-state index contributed by atoms with van der Waals surface area (Å²) in [6.45, 7) is 3.71. The van der Waals surface area contributed by atoms with Gasteiger partial charge in [0.2, 0.25) is 0 Å². The first-order valence-corrected chi connectivity index (χ1v) is 7.92. The number of fused-ring (bicyclic) bond motifs is 1. The highest BCUT2D eigenvalue weighted by Gasteiger charge is 2.05. The van der Waals surface area contributed by atoms with Crippen LogP contribution >= 0.6 is 11.3 Å². The fourth-order valence-electron chi connectivity index (χ4n) is 2.47. The molecule has 0 saturated carbocycles.